The average Bonchev–Trinajstić information content (AvgIpc) is 2.53. The molecule has 2 aromatic heterocycles. The predicted octanol–water partition coefficient (Wildman–Crippen LogP) is 3.03. The van der Waals surface area contributed by atoms with Crippen LogP contribution in [-0.4, -0.2) is 14.6 Å². The number of hydrogen-bond acceptors (Lipinski definition) is 2. The monoisotopic (exact) mass is 211 g/mol. The van der Waals surface area contributed by atoms with E-state index in [9.17, 15) is 0 Å². The predicted molar refractivity (Wildman–Crippen MR) is 58.8 cm³/mol. The van der Waals surface area contributed by atoms with Gasteiger partial charge in [-0.05, 0) is 25.5 Å². The number of aromatic nitrogens is 3. The molecule has 0 bridgehead atoms. The van der Waals surface area contributed by atoms with Crippen LogP contribution in [0.1, 0.15) is 25.1 Å². The lowest BCUT2D eigenvalue weighted by molar-refractivity contribution is 0.893. The van der Waals surface area contributed by atoms with Gasteiger partial charge >= 0.3 is 0 Å². The Morgan fingerprint density at radius 2 is 1.93 bits per heavy atom. The molecule has 2 heterocycles. The lowest BCUT2D eigenvalue weighted by Crippen LogP contribution is -1.95. The van der Waals surface area contributed by atoms with Crippen molar-refractivity contribution in [3.8, 4) is 0 Å². The third-order valence-corrected chi connectivity index (χ3v) is 2.17. The normalized spacial score (nSPS) is 9.79. The lowest BCUT2D eigenvalue weighted by Gasteiger charge is -1.98. The zero-order chi connectivity index (χ0) is 10.7. The Balaban J connectivity index is 0.000000461. The highest BCUT2D eigenvalue weighted by molar-refractivity contribution is 6.30. The summed E-state index contributed by atoms with van der Waals surface area (Å²) in [6.45, 7) is 7.86. The number of halogens is 1. The minimum Gasteiger partial charge on any atom is -0.235 e. The molecule has 0 N–H and O–H groups in total. The molecule has 0 aliphatic rings. The maximum atomic E-state index is 5.86. The Morgan fingerprint density at radius 3 is 2.57 bits per heavy atom. The summed E-state index contributed by atoms with van der Waals surface area (Å²) in [5, 5.41) is 4.69. The Kier molecular flexibility index (Phi) is 3.47. The van der Waals surface area contributed by atoms with Gasteiger partial charge in [-0.15, -0.1) is 0 Å². The van der Waals surface area contributed by atoms with Gasteiger partial charge in [0.2, 0.25) is 0 Å². The number of imidazole rings is 1. The van der Waals surface area contributed by atoms with Gasteiger partial charge in [-0.25, -0.2) is 9.50 Å². The number of fused-ring (bicyclic) bond motifs is 1. The zero-order valence-corrected chi connectivity index (χ0v) is 9.63. The van der Waals surface area contributed by atoms with Crippen LogP contribution < -0.4 is 0 Å². The second-order valence-corrected chi connectivity index (χ2v) is 3.15. The molecule has 0 atom stereocenters. The first-order chi connectivity index (χ1) is 6.68. The van der Waals surface area contributed by atoms with E-state index in [4.69, 9.17) is 11.6 Å². The van der Waals surface area contributed by atoms with E-state index < -0.39 is 0 Å². The van der Waals surface area contributed by atoms with Gasteiger partial charge in [-0.1, -0.05) is 25.4 Å². The van der Waals surface area contributed by atoms with Crippen molar-refractivity contribution in [3.05, 3.63) is 28.7 Å². The van der Waals surface area contributed by atoms with E-state index in [1.807, 2.05) is 33.8 Å². The molecule has 0 unspecified atom stereocenters. The number of rotatable bonds is 0. The maximum Gasteiger partial charge on any atom is 0.154 e. The van der Waals surface area contributed by atoms with E-state index in [0.717, 1.165) is 16.9 Å². The summed E-state index contributed by atoms with van der Waals surface area (Å²) in [6, 6.07) is 1.92. The molecular formula is C10H14ClN3. The second kappa shape index (κ2) is 4.42. The molecule has 0 saturated carbocycles. The fourth-order valence-electron chi connectivity index (χ4n) is 1.10. The highest BCUT2D eigenvalue weighted by Gasteiger charge is 2.03. The molecule has 2 aromatic rings. The molecule has 0 radical (unpaired) electrons. The first-order valence-corrected chi connectivity index (χ1v) is 5.04. The van der Waals surface area contributed by atoms with Crippen LogP contribution in [0.25, 0.3) is 5.65 Å². The summed E-state index contributed by atoms with van der Waals surface area (Å²) >= 11 is 5.86. The van der Waals surface area contributed by atoms with Crippen molar-refractivity contribution in [2.24, 2.45) is 0 Å². The van der Waals surface area contributed by atoms with Gasteiger partial charge in [0.05, 0.1) is 11.9 Å². The van der Waals surface area contributed by atoms with Crippen molar-refractivity contribution in [1.29, 1.82) is 0 Å². The van der Waals surface area contributed by atoms with Crippen LogP contribution in [0.15, 0.2) is 12.3 Å². The van der Waals surface area contributed by atoms with Crippen molar-refractivity contribution in [2.45, 2.75) is 27.7 Å². The van der Waals surface area contributed by atoms with Crippen molar-refractivity contribution in [2.75, 3.05) is 0 Å². The summed E-state index contributed by atoms with van der Waals surface area (Å²) in [7, 11) is 0. The largest absolute Gasteiger partial charge is 0.235 e. The molecule has 0 amide bonds. The van der Waals surface area contributed by atoms with Gasteiger partial charge in [-0.2, -0.15) is 5.10 Å². The van der Waals surface area contributed by atoms with E-state index in [0.29, 0.717) is 5.15 Å². The molecule has 0 spiro atoms. The standard InChI is InChI=1S/C8H8ClN3.C2H6/c1-5-3-7-10-4-6(2)12(7)11-8(5)9;1-2/h3-4H,1-2H3;1-2H3. The summed E-state index contributed by atoms with van der Waals surface area (Å²) < 4.78 is 1.73. The van der Waals surface area contributed by atoms with Crippen LogP contribution in [0.3, 0.4) is 0 Å². The smallest absolute Gasteiger partial charge is 0.154 e. The molecule has 3 nitrogen and oxygen atoms in total. The van der Waals surface area contributed by atoms with Crippen molar-refractivity contribution in [1.82, 2.24) is 14.6 Å². The molecule has 4 heteroatoms. The van der Waals surface area contributed by atoms with E-state index in [1.54, 1.807) is 10.7 Å². The Labute approximate surface area is 88.7 Å². The van der Waals surface area contributed by atoms with Gasteiger partial charge in [0.15, 0.2) is 10.8 Å². The zero-order valence-electron chi connectivity index (χ0n) is 8.87. The van der Waals surface area contributed by atoms with E-state index in [-0.39, 0.29) is 0 Å². The first-order valence-electron chi connectivity index (χ1n) is 4.66. The van der Waals surface area contributed by atoms with Crippen LogP contribution >= 0.6 is 11.6 Å². The molecule has 0 aliphatic heterocycles. The second-order valence-electron chi connectivity index (χ2n) is 2.79. The fourth-order valence-corrected chi connectivity index (χ4v) is 1.23. The molecule has 14 heavy (non-hydrogen) atoms. The minimum atomic E-state index is 0.531. The van der Waals surface area contributed by atoms with Crippen LogP contribution in [-0.2, 0) is 0 Å². The van der Waals surface area contributed by atoms with E-state index in [2.05, 4.69) is 10.1 Å². The lowest BCUT2D eigenvalue weighted by atomic mass is 10.3. The third-order valence-electron chi connectivity index (χ3n) is 1.79. The Hall–Kier alpha value is -1.09. The van der Waals surface area contributed by atoms with Crippen LogP contribution in [0.5, 0.6) is 0 Å². The van der Waals surface area contributed by atoms with E-state index >= 15 is 0 Å². The molecule has 0 aromatic carbocycles. The van der Waals surface area contributed by atoms with E-state index in [1.165, 1.54) is 0 Å². The average molecular weight is 212 g/mol. The van der Waals surface area contributed by atoms with Crippen molar-refractivity contribution in [3.63, 3.8) is 0 Å². The van der Waals surface area contributed by atoms with Crippen LogP contribution in [0.4, 0.5) is 0 Å². The summed E-state index contributed by atoms with van der Waals surface area (Å²) in [6.07, 6.45) is 1.78. The number of hydrogen-bond donors (Lipinski definition) is 0. The molecule has 0 aliphatic carbocycles. The van der Waals surface area contributed by atoms with Crippen LogP contribution in [0.2, 0.25) is 5.15 Å². The summed E-state index contributed by atoms with van der Waals surface area (Å²) in [4.78, 5) is 4.16. The van der Waals surface area contributed by atoms with Gasteiger partial charge < -0.3 is 0 Å². The minimum absolute atomic E-state index is 0.531. The van der Waals surface area contributed by atoms with Gasteiger partial charge in [0.1, 0.15) is 0 Å². The highest BCUT2D eigenvalue weighted by atomic mass is 35.5. The van der Waals surface area contributed by atoms with Gasteiger partial charge in [0, 0.05) is 0 Å². The Morgan fingerprint density at radius 1 is 1.29 bits per heavy atom. The van der Waals surface area contributed by atoms with Crippen molar-refractivity contribution >= 4 is 17.2 Å². The molecule has 2 rings (SSSR count). The number of nitrogens with zero attached hydrogens (tertiary/aromatic N) is 3. The van der Waals surface area contributed by atoms with Gasteiger partial charge in [-0.3, -0.25) is 0 Å². The summed E-state index contributed by atoms with van der Waals surface area (Å²) in [5.41, 5.74) is 2.79. The molecular weight excluding hydrogens is 198 g/mol. The highest BCUT2D eigenvalue weighted by Crippen LogP contribution is 2.13. The SMILES string of the molecule is CC.Cc1cc2ncc(C)n2nc1Cl. The maximum absolute atomic E-state index is 5.86. The molecule has 0 saturated heterocycles. The van der Waals surface area contributed by atoms with Crippen molar-refractivity contribution < 1.29 is 0 Å². The Bertz CT molecular complexity index is 434. The van der Waals surface area contributed by atoms with Crippen LogP contribution in [0, 0.1) is 13.8 Å². The van der Waals surface area contributed by atoms with Gasteiger partial charge in [0.25, 0.3) is 0 Å². The number of aryl methyl sites for hydroxylation is 2. The fraction of sp³-hybridized carbons (Fsp3) is 0.400. The summed E-state index contributed by atoms with van der Waals surface area (Å²) in [5.74, 6) is 0. The third kappa shape index (κ3) is 1.87. The topological polar surface area (TPSA) is 30.2 Å². The first kappa shape index (κ1) is 11.0. The molecule has 0 fully saturated rings. The molecule has 76 valence electrons. The quantitative estimate of drug-likeness (QED) is 0.671.